The highest BCUT2D eigenvalue weighted by Gasteiger charge is 2.21. The summed E-state index contributed by atoms with van der Waals surface area (Å²) in [4.78, 5) is 30.9. The van der Waals surface area contributed by atoms with Gasteiger partial charge in [-0.05, 0) is 12.5 Å². The number of piperazine rings is 1. The number of amides is 1. The van der Waals surface area contributed by atoms with Crippen LogP contribution in [-0.2, 0) is 4.79 Å². The molecule has 1 amide bonds. The van der Waals surface area contributed by atoms with Gasteiger partial charge in [-0.25, -0.2) is 15.0 Å². The summed E-state index contributed by atoms with van der Waals surface area (Å²) in [6, 6.07) is 1.82. The van der Waals surface area contributed by atoms with Crippen molar-refractivity contribution in [2.24, 2.45) is 4.99 Å². The van der Waals surface area contributed by atoms with Crippen LogP contribution in [0.2, 0.25) is 0 Å². The van der Waals surface area contributed by atoms with Gasteiger partial charge in [-0.1, -0.05) is 13.3 Å². The molecule has 1 aromatic heterocycles. The van der Waals surface area contributed by atoms with Crippen molar-refractivity contribution in [2.45, 2.75) is 19.8 Å². The van der Waals surface area contributed by atoms with E-state index in [1.54, 1.807) is 31.4 Å². The maximum Gasteiger partial charge on any atom is 0.243 e. The Labute approximate surface area is 173 Å². The van der Waals surface area contributed by atoms with Crippen molar-refractivity contribution >= 4 is 41.8 Å². The number of carbonyl (C=O) groups excluding carboxylic acids is 1. The molecule has 0 radical (unpaired) electrons. The number of nitrogens with zero attached hydrogens (tertiary/aromatic N) is 6. The number of guanidine groups is 1. The van der Waals surface area contributed by atoms with E-state index in [0.29, 0.717) is 0 Å². The highest BCUT2D eigenvalue weighted by atomic mass is 127. The molecule has 9 heteroatoms. The van der Waals surface area contributed by atoms with Gasteiger partial charge in [0.25, 0.3) is 0 Å². The third kappa shape index (κ3) is 6.93. The monoisotopic (exact) mass is 475 g/mol. The molecule has 146 valence electrons. The number of hydrogen-bond donors (Lipinski definition) is 1. The molecule has 1 aromatic rings. The Morgan fingerprint density at radius 3 is 2.46 bits per heavy atom. The Balaban J connectivity index is 0.00000338. The third-order valence-corrected chi connectivity index (χ3v) is 4.09. The van der Waals surface area contributed by atoms with Crippen molar-refractivity contribution in [3.63, 3.8) is 0 Å². The number of nitrogens with one attached hydrogen (secondary N) is 1. The van der Waals surface area contributed by atoms with E-state index in [0.717, 1.165) is 57.5 Å². The van der Waals surface area contributed by atoms with E-state index in [9.17, 15) is 4.79 Å². The number of aromatic nitrogens is 2. The molecule has 1 N–H and O–H groups in total. The maximum atomic E-state index is 11.8. The smallest absolute Gasteiger partial charge is 0.243 e. The van der Waals surface area contributed by atoms with Crippen molar-refractivity contribution in [1.82, 2.24) is 25.1 Å². The van der Waals surface area contributed by atoms with Gasteiger partial charge in [-0.15, -0.1) is 24.0 Å². The highest BCUT2D eigenvalue weighted by Crippen LogP contribution is 2.09. The van der Waals surface area contributed by atoms with Crippen molar-refractivity contribution in [1.29, 1.82) is 0 Å². The average molecular weight is 475 g/mol. The van der Waals surface area contributed by atoms with E-state index in [2.05, 4.69) is 37.0 Å². The highest BCUT2D eigenvalue weighted by molar-refractivity contribution is 14.0. The average Bonchev–Trinajstić information content (AvgIpc) is 2.65. The quantitative estimate of drug-likeness (QED) is 0.287. The molecule has 2 heterocycles. The number of anilines is 1. The Bertz CT molecular complexity index is 559. The van der Waals surface area contributed by atoms with E-state index in [1.807, 2.05) is 6.07 Å². The topological polar surface area (TPSA) is 77.0 Å². The minimum Gasteiger partial charge on any atom is -0.356 e. The zero-order chi connectivity index (χ0) is 18.1. The van der Waals surface area contributed by atoms with E-state index >= 15 is 0 Å². The molecular formula is C17H30IN7O. The van der Waals surface area contributed by atoms with Crippen LogP contribution in [0.25, 0.3) is 0 Å². The van der Waals surface area contributed by atoms with Crippen molar-refractivity contribution < 1.29 is 4.79 Å². The fourth-order valence-corrected chi connectivity index (χ4v) is 2.50. The summed E-state index contributed by atoms with van der Waals surface area (Å²) in [6.07, 6.45) is 5.73. The van der Waals surface area contributed by atoms with Crippen LogP contribution in [-0.4, -0.2) is 85.0 Å². The summed E-state index contributed by atoms with van der Waals surface area (Å²) in [7, 11) is 3.50. The van der Waals surface area contributed by atoms with Gasteiger partial charge in [0.2, 0.25) is 11.9 Å². The van der Waals surface area contributed by atoms with Crippen molar-refractivity contribution in [2.75, 3.05) is 58.3 Å². The van der Waals surface area contributed by atoms with Gasteiger partial charge in [-0.3, -0.25) is 4.79 Å². The van der Waals surface area contributed by atoms with E-state index in [-0.39, 0.29) is 36.4 Å². The lowest BCUT2D eigenvalue weighted by atomic mass is 10.3. The van der Waals surface area contributed by atoms with Gasteiger partial charge in [0.15, 0.2) is 5.96 Å². The SMILES string of the molecule is CCCCNC(=NCC(=O)N(C)C)N1CCN(c2ncccn2)CC1.I. The molecule has 0 atom stereocenters. The zero-order valence-electron chi connectivity index (χ0n) is 15.9. The standard InChI is InChI=1S/C17H29N7O.HI/c1-4-5-7-18-17(21-14-15(25)22(2)3)24-12-10-23(11-13-24)16-19-8-6-9-20-16;/h6,8-9H,4-5,7,10-14H2,1-3H3,(H,18,21);1H. The second kappa shape index (κ2) is 11.9. The van der Waals surface area contributed by atoms with Crippen LogP contribution in [0, 0.1) is 0 Å². The van der Waals surface area contributed by atoms with Crippen LogP contribution in [0.4, 0.5) is 5.95 Å². The number of aliphatic imine (C=N–C) groups is 1. The summed E-state index contributed by atoms with van der Waals surface area (Å²) in [5.41, 5.74) is 0. The van der Waals surface area contributed by atoms with E-state index in [4.69, 9.17) is 0 Å². The van der Waals surface area contributed by atoms with Crippen LogP contribution < -0.4 is 10.2 Å². The first kappa shape index (κ1) is 22.4. The maximum absolute atomic E-state index is 11.8. The van der Waals surface area contributed by atoms with E-state index < -0.39 is 0 Å². The normalized spacial score (nSPS) is 14.7. The molecular weight excluding hydrogens is 445 g/mol. The van der Waals surface area contributed by atoms with Gasteiger partial charge >= 0.3 is 0 Å². The van der Waals surface area contributed by atoms with Gasteiger partial charge in [0.05, 0.1) is 0 Å². The van der Waals surface area contributed by atoms with Gasteiger partial charge in [0.1, 0.15) is 6.54 Å². The molecule has 0 spiro atoms. The second-order valence-corrected chi connectivity index (χ2v) is 6.23. The molecule has 2 rings (SSSR count). The molecule has 26 heavy (non-hydrogen) atoms. The molecule has 1 saturated heterocycles. The summed E-state index contributed by atoms with van der Waals surface area (Å²) in [5.74, 6) is 1.59. The molecule has 0 aromatic carbocycles. The Morgan fingerprint density at radius 2 is 1.88 bits per heavy atom. The molecule has 1 aliphatic rings. The Morgan fingerprint density at radius 1 is 1.23 bits per heavy atom. The van der Waals surface area contributed by atoms with Crippen molar-refractivity contribution in [3.05, 3.63) is 18.5 Å². The van der Waals surface area contributed by atoms with Crippen LogP contribution >= 0.6 is 24.0 Å². The summed E-state index contributed by atoms with van der Waals surface area (Å²) >= 11 is 0. The fourth-order valence-electron chi connectivity index (χ4n) is 2.50. The molecule has 0 bridgehead atoms. The summed E-state index contributed by atoms with van der Waals surface area (Å²) in [6.45, 7) is 6.52. The first-order valence-electron chi connectivity index (χ1n) is 8.87. The number of likely N-dealkylation sites (N-methyl/N-ethyl adjacent to an activating group) is 1. The summed E-state index contributed by atoms with van der Waals surface area (Å²) in [5, 5.41) is 3.39. The van der Waals surface area contributed by atoms with Crippen LogP contribution in [0.5, 0.6) is 0 Å². The second-order valence-electron chi connectivity index (χ2n) is 6.23. The number of carbonyl (C=O) groups is 1. The van der Waals surface area contributed by atoms with Crippen LogP contribution in [0.3, 0.4) is 0 Å². The molecule has 0 saturated carbocycles. The molecule has 0 unspecified atom stereocenters. The largest absolute Gasteiger partial charge is 0.356 e. The van der Waals surface area contributed by atoms with Gasteiger partial charge < -0.3 is 20.0 Å². The van der Waals surface area contributed by atoms with Crippen molar-refractivity contribution in [3.8, 4) is 0 Å². The van der Waals surface area contributed by atoms with Gasteiger partial charge in [0, 0.05) is 59.2 Å². The predicted octanol–water partition coefficient (Wildman–Crippen LogP) is 1.05. The number of unbranched alkanes of at least 4 members (excludes halogenated alkanes) is 1. The Hall–Kier alpha value is -1.65. The molecule has 8 nitrogen and oxygen atoms in total. The van der Waals surface area contributed by atoms with E-state index in [1.165, 1.54) is 0 Å². The lowest BCUT2D eigenvalue weighted by Gasteiger charge is -2.36. The number of rotatable bonds is 6. The molecule has 1 aliphatic heterocycles. The van der Waals surface area contributed by atoms with Gasteiger partial charge in [-0.2, -0.15) is 0 Å². The first-order valence-corrected chi connectivity index (χ1v) is 8.87. The lowest BCUT2D eigenvalue weighted by Crippen LogP contribution is -2.53. The van der Waals surface area contributed by atoms with Crippen LogP contribution in [0.1, 0.15) is 19.8 Å². The predicted molar refractivity (Wildman–Crippen MR) is 115 cm³/mol. The summed E-state index contributed by atoms with van der Waals surface area (Å²) < 4.78 is 0. The Kier molecular flexibility index (Phi) is 10.2. The minimum atomic E-state index is 0. The minimum absolute atomic E-state index is 0. The molecule has 1 fully saturated rings. The number of halogens is 1. The zero-order valence-corrected chi connectivity index (χ0v) is 18.2. The third-order valence-electron chi connectivity index (χ3n) is 4.09. The number of hydrogen-bond acceptors (Lipinski definition) is 5. The first-order chi connectivity index (χ1) is 12.1. The lowest BCUT2D eigenvalue weighted by molar-refractivity contribution is -0.127. The fraction of sp³-hybridized carbons (Fsp3) is 0.647. The van der Waals surface area contributed by atoms with Crippen LogP contribution in [0.15, 0.2) is 23.5 Å². The molecule has 0 aliphatic carbocycles.